The number of rotatable bonds is 3. The first-order valence-corrected chi connectivity index (χ1v) is 6.34. The summed E-state index contributed by atoms with van der Waals surface area (Å²) < 4.78 is 40.0. The first-order chi connectivity index (χ1) is 9.38. The molecule has 0 saturated heterocycles. The van der Waals surface area contributed by atoms with E-state index in [2.05, 4.69) is 0 Å². The maximum absolute atomic E-state index is 14.0. The molecule has 0 aliphatic rings. The zero-order chi connectivity index (χ0) is 14.9. The molecule has 0 bridgehead atoms. The third-order valence-electron chi connectivity index (χ3n) is 3.29. The van der Waals surface area contributed by atoms with E-state index >= 15 is 0 Å². The van der Waals surface area contributed by atoms with Crippen LogP contribution in [0.5, 0.6) is 0 Å². The number of hydrogen-bond donors (Lipinski definition) is 1. The van der Waals surface area contributed by atoms with Crippen LogP contribution in [0.4, 0.5) is 13.2 Å². The Kier molecular flexibility index (Phi) is 4.14. The molecule has 0 heterocycles. The molecule has 0 aliphatic carbocycles. The molecule has 1 unspecified atom stereocenters. The summed E-state index contributed by atoms with van der Waals surface area (Å²) >= 11 is 0. The van der Waals surface area contributed by atoms with Crippen molar-refractivity contribution in [3.05, 3.63) is 70.0 Å². The van der Waals surface area contributed by atoms with Crippen LogP contribution in [0.2, 0.25) is 0 Å². The number of nitrogens with two attached hydrogens (primary N) is 1. The Bertz CT molecular complexity index is 615. The molecule has 2 rings (SSSR count). The molecule has 106 valence electrons. The van der Waals surface area contributed by atoms with Crippen molar-refractivity contribution in [3.63, 3.8) is 0 Å². The third-order valence-corrected chi connectivity index (χ3v) is 3.29. The monoisotopic (exact) mass is 279 g/mol. The third kappa shape index (κ3) is 3.02. The van der Waals surface area contributed by atoms with E-state index in [1.165, 1.54) is 12.1 Å². The highest BCUT2D eigenvalue weighted by atomic mass is 19.2. The van der Waals surface area contributed by atoms with E-state index < -0.39 is 17.7 Å². The van der Waals surface area contributed by atoms with E-state index in [0.717, 1.165) is 23.3 Å². The molecule has 20 heavy (non-hydrogen) atoms. The normalized spacial score (nSPS) is 12.5. The van der Waals surface area contributed by atoms with Gasteiger partial charge in [-0.05, 0) is 55.2 Å². The summed E-state index contributed by atoms with van der Waals surface area (Å²) in [5.41, 5.74) is 8.55. The summed E-state index contributed by atoms with van der Waals surface area (Å²) in [7, 11) is 0. The van der Waals surface area contributed by atoms with Crippen LogP contribution in [0.3, 0.4) is 0 Å². The molecule has 1 nitrogen and oxygen atoms in total. The van der Waals surface area contributed by atoms with Gasteiger partial charge < -0.3 is 5.73 Å². The van der Waals surface area contributed by atoms with E-state index in [1.807, 2.05) is 6.07 Å². The number of benzene rings is 2. The average molecular weight is 279 g/mol. The number of halogens is 3. The molecule has 2 aromatic rings. The van der Waals surface area contributed by atoms with Crippen LogP contribution >= 0.6 is 0 Å². The first-order valence-electron chi connectivity index (χ1n) is 6.34. The Morgan fingerprint density at radius 1 is 0.950 bits per heavy atom. The molecule has 0 fully saturated rings. The Morgan fingerprint density at radius 2 is 1.65 bits per heavy atom. The van der Waals surface area contributed by atoms with Crippen molar-refractivity contribution in [1.29, 1.82) is 0 Å². The lowest BCUT2D eigenvalue weighted by molar-refractivity contribution is 0.505. The SMILES string of the molecule is Cc1cc(C)c(C(N)Cc2ccc(F)c(F)c2)c(F)c1. The largest absolute Gasteiger partial charge is 0.324 e. The predicted molar refractivity (Wildman–Crippen MR) is 72.9 cm³/mol. The average Bonchev–Trinajstić information content (AvgIpc) is 2.32. The van der Waals surface area contributed by atoms with Gasteiger partial charge in [-0.1, -0.05) is 12.1 Å². The molecule has 0 saturated carbocycles. The van der Waals surface area contributed by atoms with Gasteiger partial charge in [0.25, 0.3) is 0 Å². The smallest absolute Gasteiger partial charge is 0.159 e. The van der Waals surface area contributed by atoms with E-state index in [1.54, 1.807) is 13.8 Å². The fraction of sp³-hybridized carbons (Fsp3) is 0.250. The topological polar surface area (TPSA) is 26.0 Å². The fourth-order valence-corrected chi connectivity index (χ4v) is 2.42. The van der Waals surface area contributed by atoms with Crippen molar-refractivity contribution in [2.75, 3.05) is 0 Å². The van der Waals surface area contributed by atoms with Gasteiger partial charge in [-0.2, -0.15) is 0 Å². The van der Waals surface area contributed by atoms with Crippen LogP contribution in [-0.4, -0.2) is 0 Å². The molecule has 0 radical (unpaired) electrons. The maximum Gasteiger partial charge on any atom is 0.159 e. The van der Waals surface area contributed by atoms with E-state index in [0.29, 0.717) is 11.1 Å². The Balaban J connectivity index is 2.28. The lowest BCUT2D eigenvalue weighted by atomic mass is 9.94. The lowest BCUT2D eigenvalue weighted by Gasteiger charge is -2.16. The second kappa shape index (κ2) is 5.67. The molecular weight excluding hydrogens is 263 g/mol. The summed E-state index contributed by atoms with van der Waals surface area (Å²) in [6, 6.07) is 6.28. The molecule has 0 aliphatic heterocycles. The van der Waals surface area contributed by atoms with Gasteiger partial charge in [0, 0.05) is 11.6 Å². The summed E-state index contributed by atoms with van der Waals surface area (Å²) in [5, 5.41) is 0. The molecule has 0 spiro atoms. The molecule has 2 N–H and O–H groups in total. The highest BCUT2D eigenvalue weighted by Crippen LogP contribution is 2.24. The van der Waals surface area contributed by atoms with Gasteiger partial charge >= 0.3 is 0 Å². The van der Waals surface area contributed by atoms with Crippen molar-refractivity contribution in [2.24, 2.45) is 5.73 Å². The minimum Gasteiger partial charge on any atom is -0.324 e. The summed E-state index contributed by atoms with van der Waals surface area (Å²) in [6.07, 6.45) is 0.248. The van der Waals surface area contributed by atoms with Crippen molar-refractivity contribution in [1.82, 2.24) is 0 Å². The molecule has 1 atom stereocenters. The highest BCUT2D eigenvalue weighted by Gasteiger charge is 2.16. The summed E-state index contributed by atoms with van der Waals surface area (Å²) in [5.74, 6) is -2.19. The van der Waals surface area contributed by atoms with Crippen molar-refractivity contribution < 1.29 is 13.2 Å². The Hall–Kier alpha value is -1.81. The van der Waals surface area contributed by atoms with Gasteiger partial charge in [-0.3, -0.25) is 0 Å². The van der Waals surface area contributed by atoms with Crippen LogP contribution in [0, 0.1) is 31.3 Å². The van der Waals surface area contributed by atoms with E-state index in [-0.39, 0.29) is 12.2 Å². The zero-order valence-corrected chi connectivity index (χ0v) is 11.4. The van der Waals surface area contributed by atoms with Gasteiger partial charge in [-0.15, -0.1) is 0 Å². The van der Waals surface area contributed by atoms with Crippen LogP contribution in [-0.2, 0) is 6.42 Å². The van der Waals surface area contributed by atoms with Crippen LogP contribution < -0.4 is 5.73 Å². The second-order valence-electron chi connectivity index (χ2n) is 5.04. The van der Waals surface area contributed by atoms with E-state index in [4.69, 9.17) is 5.73 Å². The van der Waals surface area contributed by atoms with Crippen LogP contribution in [0.1, 0.15) is 28.3 Å². The van der Waals surface area contributed by atoms with Crippen molar-refractivity contribution in [2.45, 2.75) is 26.3 Å². The highest BCUT2D eigenvalue weighted by molar-refractivity contribution is 5.35. The van der Waals surface area contributed by atoms with Gasteiger partial charge in [0.05, 0.1) is 0 Å². The molecule has 0 amide bonds. The van der Waals surface area contributed by atoms with E-state index in [9.17, 15) is 13.2 Å². The first kappa shape index (κ1) is 14.6. The quantitative estimate of drug-likeness (QED) is 0.904. The molecular formula is C16H16F3N. The zero-order valence-electron chi connectivity index (χ0n) is 11.4. The lowest BCUT2D eigenvalue weighted by Crippen LogP contribution is -2.17. The Labute approximate surface area is 116 Å². The Morgan fingerprint density at radius 3 is 2.25 bits per heavy atom. The fourth-order valence-electron chi connectivity index (χ4n) is 2.42. The van der Waals surface area contributed by atoms with Crippen molar-refractivity contribution in [3.8, 4) is 0 Å². The molecule has 0 aromatic heterocycles. The number of aryl methyl sites for hydroxylation is 2. The van der Waals surface area contributed by atoms with Gasteiger partial charge in [-0.25, -0.2) is 13.2 Å². The summed E-state index contributed by atoms with van der Waals surface area (Å²) in [4.78, 5) is 0. The van der Waals surface area contributed by atoms with Gasteiger partial charge in [0.15, 0.2) is 11.6 Å². The van der Waals surface area contributed by atoms with Crippen molar-refractivity contribution >= 4 is 0 Å². The second-order valence-corrected chi connectivity index (χ2v) is 5.04. The minimum atomic E-state index is -0.921. The molecule has 2 aromatic carbocycles. The maximum atomic E-state index is 14.0. The van der Waals surface area contributed by atoms with Gasteiger partial charge in [0.2, 0.25) is 0 Å². The minimum absolute atomic E-state index is 0.248. The van der Waals surface area contributed by atoms with Crippen LogP contribution in [0.25, 0.3) is 0 Å². The van der Waals surface area contributed by atoms with Crippen LogP contribution in [0.15, 0.2) is 30.3 Å². The predicted octanol–water partition coefficient (Wildman–Crippen LogP) is 3.96. The van der Waals surface area contributed by atoms with Gasteiger partial charge in [0.1, 0.15) is 5.82 Å². The molecule has 4 heteroatoms. The standard InChI is InChI=1S/C16H16F3N/c1-9-5-10(2)16(14(19)6-9)15(20)8-11-3-4-12(17)13(18)7-11/h3-7,15H,8,20H2,1-2H3. The summed E-state index contributed by atoms with van der Waals surface area (Å²) in [6.45, 7) is 3.59. The number of hydrogen-bond acceptors (Lipinski definition) is 1.